The number of carbonyl (C=O) groups is 4. The summed E-state index contributed by atoms with van der Waals surface area (Å²) < 4.78 is 68.7. The fourth-order valence-corrected chi connectivity index (χ4v) is 14.0. The van der Waals surface area contributed by atoms with Gasteiger partial charge in [0.05, 0.1) is 26.4 Å². The lowest BCUT2D eigenvalue weighted by Gasteiger charge is -2.21. The summed E-state index contributed by atoms with van der Waals surface area (Å²) >= 11 is 0. The maximum atomic E-state index is 13.1. The molecule has 19 heteroatoms. The van der Waals surface area contributed by atoms with Crippen LogP contribution in [0, 0.1) is 23.7 Å². The molecule has 3 unspecified atom stereocenters. The van der Waals surface area contributed by atoms with Crippen LogP contribution >= 0.6 is 15.6 Å². The number of hydrogen-bond acceptors (Lipinski definition) is 15. The van der Waals surface area contributed by atoms with Gasteiger partial charge in [0.1, 0.15) is 19.3 Å². The minimum absolute atomic E-state index is 0.106. The molecule has 3 N–H and O–H groups in total. The van der Waals surface area contributed by atoms with Crippen LogP contribution in [0.4, 0.5) is 0 Å². The monoisotopic (exact) mass is 1470 g/mol. The second-order valence-electron chi connectivity index (χ2n) is 31.1. The van der Waals surface area contributed by atoms with Crippen molar-refractivity contribution in [3.63, 3.8) is 0 Å². The normalized spacial score (nSPS) is 14.0. The van der Waals surface area contributed by atoms with Crippen LogP contribution in [0.2, 0.25) is 0 Å². The van der Waals surface area contributed by atoms with E-state index >= 15 is 0 Å². The maximum absolute atomic E-state index is 13.1. The smallest absolute Gasteiger partial charge is 0.462 e. The highest BCUT2D eigenvalue weighted by Gasteiger charge is 2.30. The average Bonchev–Trinajstić information content (AvgIpc) is 0.957. The van der Waals surface area contributed by atoms with Crippen molar-refractivity contribution < 1.29 is 80.2 Å². The summed E-state index contributed by atoms with van der Waals surface area (Å²) in [5.74, 6) is 0.953. The van der Waals surface area contributed by atoms with Gasteiger partial charge in [-0.15, -0.1) is 0 Å². The summed E-state index contributed by atoms with van der Waals surface area (Å²) in [6.45, 7) is 14.2. The van der Waals surface area contributed by atoms with Gasteiger partial charge in [-0.3, -0.25) is 37.3 Å². The maximum Gasteiger partial charge on any atom is 0.472 e. The molecule has 0 saturated carbocycles. The van der Waals surface area contributed by atoms with Gasteiger partial charge in [-0.05, 0) is 49.4 Å². The van der Waals surface area contributed by atoms with Gasteiger partial charge >= 0.3 is 39.5 Å². The number of phosphoric acid groups is 2. The zero-order valence-electron chi connectivity index (χ0n) is 65.8. The van der Waals surface area contributed by atoms with Gasteiger partial charge < -0.3 is 33.8 Å². The molecule has 0 aliphatic rings. The van der Waals surface area contributed by atoms with E-state index in [1.807, 2.05) is 0 Å². The highest BCUT2D eigenvalue weighted by molar-refractivity contribution is 7.47. The van der Waals surface area contributed by atoms with E-state index in [0.717, 1.165) is 114 Å². The Balaban J connectivity index is 5.20. The Morgan fingerprint density at radius 3 is 0.620 bits per heavy atom. The molecule has 0 aliphatic heterocycles. The van der Waals surface area contributed by atoms with Crippen molar-refractivity contribution in [2.45, 2.75) is 433 Å². The predicted octanol–water partition coefficient (Wildman–Crippen LogP) is 24.0. The third-order valence-corrected chi connectivity index (χ3v) is 20.7. The zero-order chi connectivity index (χ0) is 73.8. The summed E-state index contributed by atoms with van der Waals surface area (Å²) in [6, 6.07) is 0. The highest BCUT2D eigenvalue weighted by atomic mass is 31.2. The first kappa shape index (κ1) is 98.1. The van der Waals surface area contributed by atoms with Gasteiger partial charge in [-0.1, -0.05) is 364 Å². The minimum atomic E-state index is -4.96. The van der Waals surface area contributed by atoms with E-state index in [4.69, 9.17) is 37.0 Å². The lowest BCUT2D eigenvalue weighted by Crippen LogP contribution is -2.30. The molecule has 0 rings (SSSR count). The van der Waals surface area contributed by atoms with E-state index in [0.29, 0.717) is 31.6 Å². The van der Waals surface area contributed by atoms with Gasteiger partial charge in [0.15, 0.2) is 12.2 Å². The first-order valence-electron chi connectivity index (χ1n) is 41.7. The molecule has 0 spiro atoms. The molecule has 0 amide bonds. The van der Waals surface area contributed by atoms with E-state index < -0.39 is 97.5 Å². The Morgan fingerprint density at radius 1 is 0.250 bits per heavy atom. The summed E-state index contributed by atoms with van der Waals surface area (Å²) in [7, 11) is -9.92. The van der Waals surface area contributed by atoms with Crippen LogP contribution in [-0.2, 0) is 65.4 Å². The quantitative estimate of drug-likeness (QED) is 0.0222. The summed E-state index contributed by atoms with van der Waals surface area (Å²) in [4.78, 5) is 73.0. The molecule has 0 bridgehead atoms. The van der Waals surface area contributed by atoms with Gasteiger partial charge in [0.25, 0.3) is 0 Å². The molecule has 5 atom stereocenters. The van der Waals surface area contributed by atoms with Crippen molar-refractivity contribution in [1.29, 1.82) is 0 Å². The van der Waals surface area contributed by atoms with Crippen LogP contribution in [0.15, 0.2) is 0 Å². The number of rotatable bonds is 78. The van der Waals surface area contributed by atoms with Crippen molar-refractivity contribution in [3.05, 3.63) is 0 Å². The van der Waals surface area contributed by atoms with Crippen LogP contribution in [0.5, 0.6) is 0 Å². The molecule has 0 saturated heterocycles. The molecular formula is C81H158O17P2. The predicted molar refractivity (Wildman–Crippen MR) is 409 cm³/mol. The Kier molecular flexibility index (Phi) is 68.7. The Bertz CT molecular complexity index is 1950. The lowest BCUT2D eigenvalue weighted by molar-refractivity contribution is -0.161. The first-order valence-corrected chi connectivity index (χ1v) is 44.7. The van der Waals surface area contributed by atoms with Gasteiger partial charge in [-0.25, -0.2) is 9.13 Å². The molecule has 594 valence electrons. The van der Waals surface area contributed by atoms with Crippen LogP contribution in [0.1, 0.15) is 415 Å². The van der Waals surface area contributed by atoms with Crippen LogP contribution in [0.3, 0.4) is 0 Å². The molecule has 0 aromatic carbocycles. The fraction of sp³-hybridized carbons (Fsp3) is 0.951. The van der Waals surface area contributed by atoms with Gasteiger partial charge in [0, 0.05) is 25.7 Å². The van der Waals surface area contributed by atoms with E-state index in [1.54, 1.807) is 0 Å². The molecule has 17 nitrogen and oxygen atoms in total. The van der Waals surface area contributed by atoms with Crippen molar-refractivity contribution >= 4 is 39.5 Å². The molecular weight excluding hydrogens is 1310 g/mol. The topological polar surface area (TPSA) is 237 Å². The van der Waals surface area contributed by atoms with Crippen molar-refractivity contribution in [2.75, 3.05) is 39.6 Å². The second kappa shape index (κ2) is 70.1. The van der Waals surface area contributed by atoms with Crippen LogP contribution in [0.25, 0.3) is 0 Å². The molecule has 0 radical (unpaired) electrons. The number of unbranched alkanes of at least 4 members (excludes halogenated alkanes) is 44. The Hall–Kier alpha value is -1.94. The molecule has 0 aromatic rings. The zero-order valence-corrected chi connectivity index (χ0v) is 67.6. The largest absolute Gasteiger partial charge is 0.472 e. The summed E-state index contributed by atoms with van der Waals surface area (Å²) in [6.07, 6.45) is 57.0. The van der Waals surface area contributed by atoms with Gasteiger partial charge in [-0.2, -0.15) is 0 Å². The number of aliphatic hydroxyl groups is 1. The third-order valence-electron chi connectivity index (χ3n) is 18.8. The van der Waals surface area contributed by atoms with E-state index in [9.17, 15) is 43.2 Å². The molecule has 0 heterocycles. The number of ether oxygens (including phenoxy) is 4. The first-order chi connectivity index (χ1) is 48.1. The molecule has 100 heavy (non-hydrogen) atoms. The Morgan fingerprint density at radius 2 is 0.420 bits per heavy atom. The van der Waals surface area contributed by atoms with Crippen LogP contribution < -0.4 is 0 Å². The number of esters is 4. The van der Waals surface area contributed by atoms with Crippen molar-refractivity contribution in [2.24, 2.45) is 23.7 Å². The second-order valence-corrected chi connectivity index (χ2v) is 34.0. The van der Waals surface area contributed by atoms with Crippen molar-refractivity contribution in [1.82, 2.24) is 0 Å². The molecule has 0 aliphatic carbocycles. The average molecular weight is 1470 g/mol. The minimum Gasteiger partial charge on any atom is -0.462 e. The summed E-state index contributed by atoms with van der Waals surface area (Å²) in [5, 5.41) is 10.6. The standard InChI is InChI=1S/C81H158O17P2/c1-71(2)57-49-41-33-26-20-16-13-11-9-10-12-14-18-23-30-38-47-55-63-80(85)98-77(68-92-79(84)62-54-46-40-32-36-44-52-60-74(7)8)70-96-100(89,90)94-66-75(82)65-93-99(87,88)95-69-76(97-81(86)64-56-48-39-31-25-24-28-35-43-51-59-73(5)6)67-91-78(83)61-53-45-37-29-22-19-15-17-21-27-34-42-50-58-72(3)4/h71-77,82H,9-70H2,1-8H3,(H,87,88)(H,89,90)/t75?,76-,77-/m1/s1. The molecule has 0 fully saturated rings. The third kappa shape index (κ3) is 74.3. The van der Waals surface area contributed by atoms with E-state index in [-0.39, 0.29) is 25.7 Å². The van der Waals surface area contributed by atoms with Crippen molar-refractivity contribution in [3.8, 4) is 0 Å². The van der Waals surface area contributed by atoms with Gasteiger partial charge in [0.2, 0.25) is 0 Å². The van der Waals surface area contributed by atoms with E-state index in [1.165, 1.54) is 212 Å². The SMILES string of the molecule is CC(C)CCCCCCCCCCCCCCCCCCCCC(=O)O[C@H](COC(=O)CCCCCCCCCC(C)C)COP(=O)(O)OCC(O)COP(=O)(O)OC[C@@H](COC(=O)CCCCCCCCCCCCCCCC(C)C)OC(=O)CCCCCCCCCCCCC(C)C. The fourth-order valence-electron chi connectivity index (χ4n) is 12.4. The number of aliphatic hydroxyl groups excluding tert-OH is 1. The highest BCUT2D eigenvalue weighted by Crippen LogP contribution is 2.45. The summed E-state index contributed by atoms with van der Waals surface area (Å²) in [5.41, 5.74) is 0. The Labute approximate surface area is 613 Å². The van der Waals surface area contributed by atoms with E-state index in [2.05, 4.69) is 55.4 Å². The number of phosphoric ester groups is 2. The molecule has 0 aromatic heterocycles. The number of carbonyl (C=O) groups excluding carboxylic acids is 4. The lowest BCUT2D eigenvalue weighted by atomic mass is 10.0. The number of hydrogen-bond donors (Lipinski definition) is 3. The van der Waals surface area contributed by atoms with Crippen LogP contribution in [-0.4, -0.2) is 96.7 Å².